The van der Waals surface area contributed by atoms with Crippen molar-refractivity contribution in [2.45, 2.75) is 19.5 Å². The first-order chi connectivity index (χ1) is 14.2. The zero-order valence-corrected chi connectivity index (χ0v) is 17.5. The van der Waals surface area contributed by atoms with Crippen LogP contribution in [0.25, 0.3) is 0 Å². The predicted molar refractivity (Wildman–Crippen MR) is 116 cm³/mol. The van der Waals surface area contributed by atoms with Gasteiger partial charge in [0, 0.05) is 44.8 Å². The van der Waals surface area contributed by atoms with Gasteiger partial charge in [-0.05, 0) is 35.2 Å². The first-order valence-electron chi connectivity index (χ1n) is 9.91. The molecule has 0 aromatic heterocycles. The molecular weight excluding hydrogens is 391 g/mol. The highest BCUT2D eigenvalue weighted by Crippen LogP contribution is 2.17. The molecule has 2 aromatic rings. The van der Waals surface area contributed by atoms with Crippen LogP contribution in [0, 0.1) is 5.82 Å². The van der Waals surface area contributed by atoms with E-state index in [0.29, 0.717) is 24.5 Å². The van der Waals surface area contributed by atoms with Gasteiger partial charge in [-0.1, -0.05) is 41.9 Å². The molecule has 7 heteroatoms. The molecule has 1 aliphatic rings. The Bertz CT molecular complexity index is 824. The molecule has 0 amide bonds. The van der Waals surface area contributed by atoms with E-state index in [9.17, 15) is 4.39 Å². The normalized spacial score (nSPS) is 15.3. The summed E-state index contributed by atoms with van der Waals surface area (Å²) in [6.45, 7) is 5.81. The maximum atomic E-state index is 13.2. The van der Waals surface area contributed by atoms with Crippen LogP contribution in [0.3, 0.4) is 0 Å². The van der Waals surface area contributed by atoms with Crippen LogP contribution in [-0.4, -0.2) is 50.8 Å². The van der Waals surface area contributed by atoms with Crippen molar-refractivity contribution in [2.24, 2.45) is 4.99 Å². The van der Waals surface area contributed by atoms with E-state index in [2.05, 4.69) is 44.8 Å². The van der Waals surface area contributed by atoms with Crippen LogP contribution in [-0.2, 0) is 24.2 Å². The largest absolute Gasteiger partial charge is 0.379 e. The van der Waals surface area contributed by atoms with Gasteiger partial charge in [0.2, 0.25) is 0 Å². The summed E-state index contributed by atoms with van der Waals surface area (Å²) < 4.78 is 18.6. The van der Waals surface area contributed by atoms with Gasteiger partial charge in [-0.3, -0.25) is 9.89 Å². The summed E-state index contributed by atoms with van der Waals surface area (Å²) >= 11 is 6.09. The van der Waals surface area contributed by atoms with Crippen LogP contribution in [0.1, 0.15) is 16.7 Å². The summed E-state index contributed by atoms with van der Waals surface area (Å²) in [5, 5.41) is 7.12. The Labute approximate surface area is 176 Å². The molecule has 3 rings (SSSR count). The molecule has 0 saturated carbocycles. The zero-order valence-electron chi connectivity index (χ0n) is 16.8. The second-order valence-electron chi connectivity index (χ2n) is 7.00. The van der Waals surface area contributed by atoms with E-state index in [-0.39, 0.29) is 5.82 Å². The number of nitrogens with zero attached hydrogens (tertiary/aromatic N) is 2. The predicted octanol–water partition coefficient (Wildman–Crippen LogP) is 3.22. The van der Waals surface area contributed by atoms with Gasteiger partial charge in [0.25, 0.3) is 0 Å². The highest BCUT2D eigenvalue weighted by atomic mass is 35.5. The average Bonchev–Trinajstić information content (AvgIpc) is 2.73. The zero-order chi connectivity index (χ0) is 20.5. The number of benzene rings is 2. The molecule has 1 fully saturated rings. The molecule has 0 spiro atoms. The fraction of sp³-hybridized carbons (Fsp3) is 0.409. The van der Waals surface area contributed by atoms with Crippen LogP contribution < -0.4 is 10.6 Å². The van der Waals surface area contributed by atoms with Crippen LogP contribution in [0.15, 0.2) is 47.5 Å². The van der Waals surface area contributed by atoms with Gasteiger partial charge in [-0.15, -0.1) is 0 Å². The average molecular weight is 419 g/mol. The molecule has 2 N–H and O–H groups in total. The van der Waals surface area contributed by atoms with Crippen molar-refractivity contribution >= 4 is 17.6 Å². The number of hydrogen-bond acceptors (Lipinski definition) is 3. The first kappa shape index (κ1) is 21.6. The Morgan fingerprint density at radius 2 is 1.86 bits per heavy atom. The van der Waals surface area contributed by atoms with Crippen molar-refractivity contribution in [3.8, 4) is 0 Å². The van der Waals surface area contributed by atoms with Crippen molar-refractivity contribution in [1.29, 1.82) is 0 Å². The third-order valence-electron chi connectivity index (χ3n) is 4.99. The first-order valence-corrected chi connectivity index (χ1v) is 10.3. The van der Waals surface area contributed by atoms with Crippen LogP contribution in [0.2, 0.25) is 5.02 Å². The van der Waals surface area contributed by atoms with Crippen LogP contribution in [0.4, 0.5) is 4.39 Å². The number of morpholine rings is 1. The molecule has 0 bridgehead atoms. The quantitative estimate of drug-likeness (QED) is 0.535. The van der Waals surface area contributed by atoms with Gasteiger partial charge in [-0.2, -0.15) is 0 Å². The molecule has 0 atom stereocenters. The SMILES string of the molecule is CN=C(NCCc1ccc(F)cc1Cl)NCc1ccccc1CN1CCOCC1. The molecule has 156 valence electrons. The summed E-state index contributed by atoms with van der Waals surface area (Å²) in [6, 6.07) is 13.0. The van der Waals surface area contributed by atoms with Crippen molar-refractivity contribution < 1.29 is 9.13 Å². The summed E-state index contributed by atoms with van der Waals surface area (Å²) in [6.07, 6.45) is 0.688. The topological polar surface area (TPSA) is 48.9 Å². The number of guanidine groups is 1. The summed E-state index contributed by atoms with van der Waals surface area (Å²) in [5.41, 5.74) is 3.48. The Morgan fingerprint density at radius 3 is 2.59 bits per heavy atom. The van der Waals surface area contributed by atoms with E-state index in [4.69, 9.17) is 16.3 Å². The van der Waals surface area contributed by atoms with E-state index in [1.807, 2.05) is 0 Å². The lowest BCUT2D eigenvalue weighted by Crippen LogP contribution is -2.38. The highest BCUT2D eigenvalue weighted by Gasteiger charge is 2.13. The van der Waals surface area contributed by atoms with Crippen molar-refractivity contribution in [3.63, 3.8) is 0 Å². The molecule has 5 nitrogen and oxygen atoms in total. The van der Waals surface area contributed by atoms with E-state index in [0.717, 1.165) is 44.4 Å². The Morgan fingerprint density at radius 1 is 1.10 bits per heavy atom. The minimum Gasteiger partial charge on any atom is -0.379 e. The minimum atomic E-state index is -0.320. The third kappa shape index (κ3) is 6.70. The second kappa shape index (κ2) is 11.1. The molecule has 29 heavy (non-hydrogen) atoms. The molecule has 1 heterocycles. The van der Waals surface area contributed by atoms with E-state index < -0.39 is 0 Å². The molecule has 2 aromatic carbocycles. The lowest BCUT2D eigenvalue weighted by molar-refractivity contribution is 0.0341. The Kier molecular flexibility index (Phi) is 8.28. The molecule has 0 aliphatic carbocycles. The van der Waals surface area contributed by atoms with Crippen molar-refractivity contribution in [2.75, 3.05) is 39.9 Å². The fourth-order valence-electron chi connectivity index (χ4n) is 3.32. The molecule has 1 aliphatic heterocycles. The van der Waals surface area contributed by atoms with E-state index in [1.165, 1.54) is 23.3 Å². The van der Waals surface area contributed by atoms with Gasteiger partial charge in [0.1, 0.15) is 5.82 Å². The fourth-order valence-corrected chi connectivity index (χ4v) is 3.59. The number of nitrogens with one attached hydrogen (secondary N) is 2. The van der Waals surface area contributed by atoms with E-state index >= 15 is 0 Å². The lowest BCUT2D eigenvalue weighted by Gasteiger charge is -2.27. The number of rotatable bonds is 7. The number of ether oxygens (including phenoxy) is 1. The van der Waals surface area contributed by atoms with Crippen LogP contribution >= 0.6 is 11.6 Å². The Balaban J connectivity index is 1.50. The summed E-state index contributed by atoms with van der Waals surface area (Å²) in [5.74, 6) is 0.407. The highest BCUT2D eigenvalue weighted by molar-refractivity contribution is 6.31. The van der Waals surface area contributed by atoms with Crippen LogP contribution in [0.5, 0.6) is 0 Å². The number of aliphatic imine (C=N–C) groups is 1. The molecule has 0 radical (unpaired) electrons. The lowest BCUT2D eigenvalue weighted by atomic mass is 10.1. The second-order valence-corrected chi connectivity index (χ2v) is 7.40. The smallest absolute Gasteiger partial charge is 0.191 e. The molecular formula is C22H28ClFN4O. The van der Waals surface area contributed by atoms with Crippen molar-refractivity contribution in [3.05, 3.63) is 70.0 Å². The van der Waals surface area contributed by atoms with E-state index in [1.54, 1.807) is 13.1 Å². The summed E-state index contributed by atoms with van der Waals surface area (Å²) in [4.78, 5) is 6.71. The molecule has 0 unspecified atom stereocenters. The molecule has 1 saturated heterocycles. The van der Waals surface area contributed by atoms with Gasteiger partial charge in [0.15, 0.2) is 5.96 Å². The maximum Gasteiger partial charge on any atom is 0.191 e. The third-order valence-corrected chi connectivity index (χ3v) is 5.34. The van der Waals surface area contributed by atoms with Gasteiger partial charge in [-0.25, -0.2) is 4.39 Å². The maximum absolute atomic E-state index is 13.2. The van der Waals surface area contributed by atoms with Gasteiger partial charge < -0.3 is 15.4 Å². The Hall–Kier alpha value is -2.15. The number of hydrogen-bond donors (Lipinski definition) is 2. The monoisotopic (exact) mass is 418 g/mol. The minimum absolute atomic E-state index is 0.320. The van der Waals surface area contributed by atoms with Gasteiger partial charge in [0.05, 0.1) is 13.2 Å². The van der Waals surface area contributed by atoms with Gasteiger partial charge >= 0.3 is 0 Å². The number of halogens is 2. The van der Waals surface area contributed by atoms with Crippen molar-refractivity contribution in [1.82, 2.24) is 15.5 Å². The summed E-state index contributed by atoms with van der Waals surface area (Å²) in [7, 11) is 1.75. The standard InChI is InChI=1S/C22H28ClFN4O/c1-25-22(26-9-8-17-6-7-20(24)14-21(17)23)27-15-18-4-2-3-5-19(18)16-28-10-12-29-13-11-28/h2-7,14H,8-13,15-16H2,1H3,(H2,25,26,27).